The third-order valence-electron chi connectivity index (χ3n) is 15.7. The van der Waals surface area contributed by atoms with Gasteiger partial charge in [0.15, 0.2) is 23.4 Å². The van der Waals surface area contributed by atoms with E-state index >= 15 is 0 Å². The number of carbonyl (C=O) groups is 2. The molecule has 1 unspecified atom stereocenters. The molecule has 11 rings (SSSR count). The zero-order valence-electron chi connectivity index (χ0n) is 43.3. The number of fused-ring (bicyclic) bond motifs is 2. The van der Waals surface area contributed by atoms with Crippen LogP contribution in [-0.2, 0) is 21.4 Å². The fraction of sp³-hybridized carbons (Fsp3) is 0.458. The maximum atomic E-state index is 12.7. The first-order valence-electron chi connectivity index (χ1n) is 25.7. The predicted octanol–water partition coefficient (Wildman–Crippen LogP) is 10.2. The van der Waals surface area contributed by atoms with E-state index in [1.807, 2.05) is 30.0 Å². The summed E-state index contributed by atoms with van der Waals surface area (Å²) >= 11 is 1.87. The highest BCUT2D eigenvalue weighted by Crippen LogP contribution is 2.65. The summed E-state index contributed by atoms with van der Waals surface area (Å²) in [6, 6.07) is 35.5. The monoisotopic (exact) mass is 998 g/mol. The number of phenolic OH excluding ortho intramolecular Hbond substituents is 3. The highest BCUT2D eigenvalue weighted by atomic mass is 32.2. The topological polar surface area (TPSA) is 149 Å². The van der Waals surface area contributed by atoms with Crippen molar-refractivity contribution in [3.05, 3.63) is 126 Å². The van der Waals surface area contributed by atoms with Gasteiger partial charge in [-0.15, -0.1) is 0 Å². The summed E-state index contributed by atoms with van der Waals surface area (Å²) in [6.07, 6.45) is 5.44. The molecular formula is C59H75N5O7S. The summed E-state index contributed by atoms with van der Waals surface area (Å²) in [5, 5.41) is 43.3. The number of Topliss-reactive ketones (excluding diaryl/α,β-unsaturated/α-hetero) is 1. The van der Waals surface area contributed by atoms with Gasteiger partial charge >= 0.3 is 0 Å². The number of benzene rings is 5. The second-order valence-electron chi connectivity index (χ2n) is 21.3. The number of ether oxygens (including phenoxy) is 1. The lowest BCUT2D eigenvalue weighted by atomic mass is 9.49. The number of nitrogens with zero attached hydrogens (tertiary/aromatic N) is 4. The zero-order valence-corrected chi connectivity index (χ0v) is 44.2. The number of likely N-dealkylation sites (tertiary alicyclic amines) is 1. The van der Waals surface area contributed by atoms with Crippen molar-refractivity contribution in [3.63, 3.8) is 0 Å². The second-order valence-corrected chi connectivity index (χ2v) is 22.3. The van der Waals surface area contributed by atoms with Gasteiger partial charge in [-0.3, -0.25) is 14.5 Å². The van der Waals surface area contributed by atoms with Gasteiger partial charge in [-0.25, -0.2) is 0 Å². The van der Waals surface area contributed by atoms with Crippen LogP contribution in [0, 0.1) is 11.8 Å². The largest absolute Gasteiger partial charge is 0.508 e. The summed E-state index contributed by atoms with van der Waals surface area (Å²) in [5.74, 6) is 2.96. The standard InChI is InChI=1S/C20H23NO4.C17H20N2S.C14H23NO.C8H9NO2/c22-13-4-3-12-9-15-20(24)6-5-14(23)18-19(20,16(12)17(13)25-18)7-8-21(15)10-11-1-2-11;1-13(18(2)3)12-19-14-8-4-6-10-16(14)20-17-11-7-5-9-15(17)19;1-5-14(11(2)10-15(3)4)12-7-6-8-13(16)9-12;1-6(10)9-7-2-4-8(11)5-3-7/h3-4,11,15,18,22,24H,1-2,5-10H2;4-11,13H,12H2,1-3H3;6-9,11,14,16H,5,10H2,1-4H3;2-5,11H,1H3,(H,9,10)/t15-,18+,19+,20-;;11-,14+;/m1.0./s1. The number of piperidine rings is 1. The van der Waals surface area contributed by atoms with Gasteiger partial charge in [-0.2, -0.15) is 0 Å². The molecule has 5 aromatic carbocycles. The van der Waals surface area contributed by atoms with Crippen molar-refractivity contribution in [2.75, 3.05) is 64.6 Å². The fourth-order valence-electron chi connectivity index (χ4n) is 11.8. The predicted molar refractivity (Wildman–Crippen MR) is 288 cm³/mol. The summed E-state index contributed by atoms with van der Waals surface area (Å²) in [5.41, 5.74) is 5.04. The minimum absolute atomic E-state index is 0.0454. The summed E-state index contributed by atoms with van der Waals surface area (Å²) in [7, 11) is 8.49. The summed E-state index contributed by atoms with van der Waals surface area (Å²) in [6.45, 7) is 12.2. The second kappa shape index (κ2) is 22.3. The number of aromatic hydroxyl groups is 3. The van der Waals surface area contributed by atoms with Crippen molar-refractivity contribution in [2.24, 2.45) is 11.8 Å². The molecule has 5 aromatic rings. The molecule has 3 aliphatic heterocycles. The molecule has 13 heteroatoms. The minimum atomic E-state index is -0.940. The van der Waals surface area contributed by atoms with Crippen molar-refractivity contribution in [1.29, 1.82) is 0 Å². The van der Waals surface area contributed by atoms with Crippen LogP contribution in [0.1, 0.15) is 88.8 Å². The molecule has 3 aliphatic carbocycles. The third kappa shape index (κ3) is 11.0. The normalized spacial score (nSPS) is 23.3. The SMILES string of the molecule is CC(=O)Nc1ccc(O)cc1.CC(CN1c2ccccc2Sc2ccccc21)N(C)C.CC[C@@H](c1cccc(O)c1)[C@@H](C)CN(C)C.O=C1CC[C@@]2(O)[C@H]3Cc4ccc(O)c5c4[C@@]2(CCN3CC2CC2)[C@H]1O5. The van der Waals surface area contributed by atoms with E-state index in [0.717, 1.165) is 62.5 Å². The van der Waals surface area contributed by atoms with Crippen LogP contribution in [0.4, 0.5) is 17.1 Å². The molecule has 1 saturated heterocycles. The van der Waals surface area contributed by atoms with Gasteiger partial charge in [0, 0.05) is 66.1 Å². The molecule has 5 N–H and O–H groups in total. The van der Waals surface area contributed by atoms with Crippen LogP contribution in [0.25, 0.3) is 0 Å². The zero-order chi connectivity index (χ0) is 51.5. The number of carbonyl (C=O) groups excluding carboxylic acids is 2. The molecule has 1 amide bonds. The van der Waals surface area contributed by atoms with E-state index in [2.05, 4.69) is 128 Å². The Morgan fingerprint density at radius 3 is 2.12 bits per heavy atom. The number of nitrogens with one attached hydrogen (secondary N) is 1. The molecule has 6 aliphatic rings. The molecule has 1 spiro atoms. The Hall–Kier alpha value is -5.57. The van der Waals surface area contributed by atoms with Crippen LogP contribution in [0.15, 0.2) is 119 Å². The van der Waals surface area contributed by atoms with E-state index in [9.17, 15) is 24.9 Å². The molecule has 7 atom stereocenters. The average Bonchev–Trinajstić information content (AvgIpc) is 4.09. The van der Waals surface area contributed by atoms with Gasteiger partial charge in [0.05, 0.1) is 22.4 Å². The van der Waals surface area contributed by atoms with Crippen LogP contribution < -0.4 is 15.0 Å². The smallest absolute Gasteiger partial charge is 0.221 e. The highest BCUT2D eigenvalue weighted by molar-refractivity contribution is 7.99. The van der Waals surface area contributed by atoms with E-state index < -0.39 is 17.1 Å². The van der Waals surface area contributed by atoms with Crippen LogP contribution in [-0.4, -0.2) is 125 Å². The Bertz CT molecular complexity index is 2650. The molecule has 0 radical (unpaired) electrons. The summed E-state index contributed by atoms with van der Waals surface area (Å²) in [4.78, 5) is 35.3. The van der Waals surface area contributed by atoms with E-state index in [1.54, 1.807) is 24.3 Å². The van der Waals surface area contributed by atoms with Gasteiger partial charge in [0.2, 0.25) is 5.91 Å². The van der Waals surface area contributed by atoms with Gasteiger partial charge in [-0.1, -0.05) is 68.1 Å². The van der Waals surface area contributed by atoms with Crippen LogP contribution in [0.5, 0.6) is 23.0 Å². The van der Waals surface area contributed by atoms with Gasteiger partial charge < -0.3 is 45.2 Å². The first-order valence-corrected chi connectivity index (χ1v) is 26.6. The maximum Gasteiger partial charge on any atom is 0.221 e. The summed E-state index contributed by atoms with van der Waals surface area (Å²) < 4.78 is 6.04. The number of phenols is 3. The van der Waals surface area contributed by atoms with Crippen molar-refractivity contribution in [1.82, 2.24) is 14.7 Å². The Morgan fingerprint density at radius 2 is 1.53 bits per heavy atom. The number of hydrogen-bond acceptors (Lipinski definition) is 12. The Labute approximate surface area is 431 Å². The van der Waals surface area contributed by atoms with Crippen molar-refractivity contribution < 1.29 is 34.8 Å². The number of ketones is 1. The lowest BCUT2D eigenvalue weighted by molar-refractivity contribution is -0.188. The van der Waals surface area contributed by atoms with Crippen LogP contribution in [0.2, 0.25) is 0 Å². The number of anilines is 3. The third-order valence-corrected chi connectivity index (χ3v) is 16.8. The van der Waals surface area contributed by atoms with E-state index in [1.165, 1.54) is 58.6 Å². The Balaban J connectivity index is 0.000000134. The van der Waals surface area contributed by atoms with E-state index in [0.29, 0.717) is 47.9 Å². The molecule has 72 heavy (non-hydrogen) atoms. The molecule has 384 valence electrons. The lowest BCUT2D eigenvalue weighted by Crippen LogP contribution is -2.76. The maximum absolute atomic E-state index is 12.7. The highest BCUT2D eigenvalue weighted by Gasteiger charge is 2.73. The number of hydrogen-bond donors (Lipinski definition) is 5. The van der Waals surface area contributed by atoms with Crippen molar-refractivity contribution in [3.8, 4) is 23.0 Å². The fourth-order valence-corrected chi connectivity index (χ4v) is 12.9. The first kappa shape index (κ1) is 52.7. The lowest BCUT2D eigenvalue weighted by Gasteiger charge is -2.62. The van der Waals surface area contributed by atoms with Crippen LogP contribution in [0.3, 0.4) is 0 Å². The number of likely N-dealkylation sites (N-methyl/N-ethyl adjacent to an activating group) is 1. The minimum Gasteiger partial charge on any atom is -0.508 e. The van der Waals surface area contributed by atoms with Gasteiger partial charge in [0.1, 0.15) is 11.5 Å². The van der Waals surface area contributed by atoms with E-state index in [4.69, 9.17) is 9.84 Å². The Kier molecular flexibility index (Phi) is 16.3. The number of para-hydroxylation sites is 2. The molecular weight excluding hydrogens is 923 g/mol. The molecule has 2 saturated carbocycles. The van der Waals surface area contributed by atoms with Crippen molar-refractivity contribution >= 4 is 40.5 Å². The molecule has 2 bridgehead atoms. The average molecular weight is 998 g/mol. The molecule has 3 fully saturated rings. The van der Waals surface area contributed by atoms with Gasteiger partial charge in [-0.05, 0) is 176 Å². The number of amides is 1. The van der Waals surface area contributed by atoms with Crippen LogP contribution >= 0.6 is 11.8 Å². The quantitative estimate of drug-likeness (QED) is 0.0802. The number of aliphatic hydroxyl groups is 1. The Morgan fingerprint density at radius 1 is 0.861 bits per heavy atom. The molecule has 3 heterocycles. The molecule has 12 nitrogen and oxygen atoms in total. The molecule has 0 aromatic heterocycles. The first-order chi connectivity index (χ1) is 34.4. The number of rotatable bonds is 11. The van der Waals surface area contributed by atoms with Gasteiger partial charge in [0.25, 0.3) is 0 Å². The van der Waals surface area contributed by atoms with Crippen molar-refractivity contribution in [2.45, 2.75) is 118 Å². The van der Waals surface area contributed by atoms with E-state index in [-0.39, 0.29) is 29.2 Å².